The smallest absolute Gasteiger partial charge is 0.333 e. The van der Waals surface area contributed by atoms with Gasteiger partial charge in [-0.25, -0.2) is 9.59 Å². The molecule has 2 aromatic carbocycles. The van der Waals surface area contributed by atoms with Gasteiger partial charge in [0.05, 0.1) is 0 Å². The topological polar surface area (TPSA) is 112 Å². The summed E-state index contributed by atoms with van der Waals surface area (Å²) in [5, 5.41) is 20.4. The lowest BCUT2D eigenvalue weighted by Gasteiger charge is -2.28. The van der Waals surface area contributed by atoms with Crippen LogP contribution < -0.4 is 9.47 Å². The summed E-state index contributed by atoms with van der Waals surface area (Å²) in [5.41, 5.74) is 3.88. The van der Waals surface area contributed by atoms with Crippen LogP contribution in [0.3, 0.4) is 0 Å². The molecule has 2 aromatic rings. The first-order valence-corrected chi connectivity index (χ1v) is 14.1. The molecule has 0 radical (unpaired) electrons. The lowest BCUT2D eigenvalue weighted by atomic mass is 9.77. The van der Waals surface area contributed by atoms with Gasteiger partial charge in [0.1, 0.15) is 50.1 Å². The molecule has 0 fully saturated rings. The van der Waals surface area contributed by atoms with Gasteiger partial charge in [-0.1, -0.05) is 63.4 Å². The van der Waals surface area contributed by atoms with E-state index in [-0.39, 0.29) is 37.6 Å². The first kappa shape index (κ1) is 35.1. The quantitative estimate of drug-likeness (QED) is 0.186. The zero-order valence-electron chi connectivity index (χ0n) is 26.0. The number of benzene rings is 2. The molecule has 0 spiro atoms. The maximum absolute atomic E-state index is 11.6. The van der Waals surface area contributed by atoms with E-state index in [1.807, 2.05) is 74.5 Å². The summed E-state index contributed by atoms with van der Waals surface area (Å²) < 4.78 is 21.8. The molecule has 43 heavy (non-hydrogen) atoms. The van der Waals surface area contributed by atoms with E-state index >= 15 is 0 Å². The van der Waals surface area contributed by atoms with Crippen LogP contribution in [0.15, 0.2) is 72.9 Å². The summed E-state index contributed by atoms with van der Waals surface area (Å²) in [4.78, 5) is 23.2. The molecule has 8 nitrogen and oxygen atoms in total. The maximum Gasteiger partial charge on any atom is 0.333 e. The van der Waals surface area contributed by atoms with Crippen LogP contribution in [-0.2, 0) is 24.5 Å². The fourth-order valence-corrected chi connectivity index (χ4v) is 3.98. The third-order valence-corrected chi connectivity index (χ3v) is 6.53. The van der Waals surface area contributed by atoms with Crippen molar-refractivity contribution in [2.24, 2.45) is 0 Å². The van der Waals surface area contributed by atoms with Gasteiger partial charge < -0.3 is 29.2 Å². The minimum Gasteiger partial charge on any atom is -0.490 e. The second-order valence-corrected chi connectivity index (χ2v) is 10.8. The number of aliphatic hydroxyl groups excluding tert-OH is 2. The highest BCUT2D eigenvalue weighted by Crippen LogP contribution is 2.37. The average molecular weight is 593 g/mol. The molecule has 0 aliphatic carbocycles. The number of carbonyl (C=O) groups excluding carboxylic acids is 2. The SMILES string of the molecule is C=C(C)C(=O)OCC(O)COc1ccc(C(C)(C)c2ccc(OCC(O)COC(=O)C(=C)C)c(C=CC)c2)cc1C=CC. The molecule has 0 aromatic heterocycles. The Morgan fingerprint density at radius 3 is 1.44 bits per heavy atom. The van der Waals surface area contributed by atoms with E-state index in [9.17, 15) is 19.8 Å². The summed E-state index contributed by atoms with van der Waals surface area (Å²) in [6.45, 7) is 17.7. The fraction of sp³-hybridized carbons (Fsp3) is 0.371. The third-order valence-electron chi connectivity index (χ3n) is 6.53. The molecule has 0 saturated carbocycles. The summed E-state index contributed by atoms with van der Waals surface area (Å²) in [6, 6.07) is 11.8. The molecular formula is C35H44O8. The van der Waals surface area contributed by atoms with Crippen molar-refractivity contribution >= 4 is 24.1 Å². The lowest BCUT2D eigenvalue weighted by molar-refractivity contribution is -0.143. The van der Waals surface area contributed by atoms with Crippen molar-refractivity contribution in [2.75, 3.05) is 26.4 Å². The number of aliphatic hydroxyl groups is 2. The number of ether oxygens (including phenoxy) is 4. The van der Waals surface area contributed by atoms with Crippen LogP contribution in [0.1, 0.15) is 63.8 Å². The van der Waals surface area contributed by atoms with Crippen molar-refractivity contribution in [1.29, 1.82) is 0 Å². The van der Waals surface area contributed by atoms with Gasteiger partial charge in [0.15, 0.2) is 0 Å². The molecule has 2 atom stereocenters. The van der Waals surface area contributed by atoms with Crippen molar-refractivity contribution in [2.45, 2.75) is 59.2 Å². The summed E-state index contributed by atoms with van der Waals surface area (Å²) in [6.07, 6.45) is 5.71. The van der Waals surface area contributed by atoms with Gasteiger partial charge >= 0.3 is 11.9 Å². The molecule has 0 amide bonds. The standard InChI is InChI=1S/C35H44O8/c1-9-11-25-17-27(13-15-31(25)40-19-29(36)21-42-33(38)23(3)4)35(7,8)28-14-16-32(26(18-28)12-10-2)41-20-30(37)22-43-34(39)24(5)6/h9-18,29-30,36-37H,3,5,19-22H2,1-2,4,6-8H3. The second kappa shape index (κ2) is 16.5. The van der Waals surface area contributed by atoms with E-state index < -0.39 is 29.6 Å². The van der Waals surface area contributed by atoms with Gasteiger partial charge in [-0.2, -0.15) is 0 Å². The highest BCUT2D eigenvalue weighted by molar-refractivity contribution is 5.87. The predicted octanol–water partition coefficient (Wildman–Crippen LogP) is 5.80. The van der Waals surface area contributed by atoms with Crippen LogP contribution in [0.25, 0.3) is 12.2 Å². The largest absolute Gasteiger partial charge is 0.490 e. The molecular weight excluding hydrogens is 548 g/mol. The number of hydrogen-bond donors (Lipinski definition) is 2. The lowest BCUT2D eigenvalue weighted by Crippen LogP contribution is -2.26. The predicted molar refractivity (Wildman–Crippen MR) is 169 cm³/mol. The minimum absolute atomic E-state index is 0.0457. The third kappa shape index (κ3) is 10.6. The highest BCUT2D eigenvalue weighted by atomic mass is 16.6. The van der Waals surface area contributed by atoms with E-state index in [0.29, 0.717) is 11.5 Å². The van der Waals surface area contributed by atoms with Gasteiger partial charge in [-0.3, -0.25) is 0 Å². The van der Waals surface area contributed by atoms with Crippen molar-refractivity contribution in [3.05, 3.63) is 95.1 Å². The number of hydrogen-bond acceptors (Lipinski definition) is 8. The van der Waals surface area contributed by atoms with E-state index in [4.69, 9.17) is 18.9 Å². The zero-order valence-corrected chi connectivity index (χ0v) is 26.0. The molecule has 0 aliphatic rings. The van der Waals surface area contributed by atoms with E-state index in [1.54, 1.807) is 13.8 Å². The Morgan fingerprint density at radius 2 is 1.12 bits per heavy atom. The first-order valence-electron chi connectivity index (χ1n) is 14.1. The average Bonchev–Trinajstić information content (AvgIpc) is 2.97. The number of esters is 2. The Morgan fingerprint density at radius 1 is 0.744 bits per heavy atom. The van der Waals surface area contributed by atoms with Crippen LogP contribution in [0.5, 0.6) is 11.5 Å². The van der Waals surface area contributed by atoms with E-state index in [1.165, 1.54) is 0 Å². The monoisotopic (exact) mass is 592 g/mol. The van der Waals surface area contributed by atoms with Crippen LogP contribution >= 0.6 is 0 Å². The fourth-order valence-electron chi connectivity index (χ4n) is 3.98. The van der Waals surface area contributed by atoms with Gasteiger partial charge in [0, 0.05) is 27.7 Å². The Bertz CT molecular complexity index is 1250. The molecule has 232 valence electrons. The number of carbonyl (C=O) groups is 2. The van der Waals surface area contributed by atoms with Crippen molar-refractivity contribution < 1.29 is 38.7 Å². The van der Waals surface area contributed by atoms with Crippen molar-refractivity contribution in [1.82, 2.24) is 0 Å². The van der Waals surface area contributed by atoms with E-state index in [0.717, 1.165) is 22.3 Å². The van der Waals surface area contributed by atoms with Gasteiger partial charge in [-0.15, -0.1) is 0 Å². The van der Waals surface area contributed by atoms with Crippen LogP contribution in [0.2, 0.25) is 0 Å². The van der Waals surface area contributed by atoms with Gasteiger partial charge in [0.2, 0.25) is 0 Å². The maximum atomic E-state index is 11.6. The van der Waals surface area contributed by atoms with Crippen LogP contribution in [0, 0.1) is 0 Å². The normalized spacial score (nSPS) is 13.0. The molecule has 0 bridgehead atoms. The number of allylic oxidation sites excluding steroid dienone is 2. The molecule has 0 heterocycles. The summed E-state index contributed by atoms with van der Waals surface area (Å²) in [5.74, 6) is 0.0655. The Kier molecular flexibility index (Phi) is 13.4. The Balaban J connectivity index is 2.21. The molecule has 0 saturated heterocycles. The molecule has 8 heteroatoms. The van der Waals surface area contributed by atoms with Crippen molar-refractivity contribution in [3.63, 3.8) is 0 Å². The van der Waals surface area contributed by atoms with Gasteiger partial charge in [-0.05, 0) is 63.1 Å². The van der Waals surface area contributed by atoms with Crippen LogP contribution in [-0.4, -0.2) is 60.8 Å². The second-order valence-electron chi connectivity index (χ2n) is 10.8. The minimum atomic E-state index is -0.990. The Hall–Kier alpha value is -4.14. The Labute approximate surface area is 254 Å². The highest BCUT2D eigenvalue weighted by Gasteiger charge is 2.25. The van der Waals surface area contributed by atoms with Gasteiger partial charge in [0.25, 0.3) is 0 Å². The molecule has 2 N–H and O–H groups in total. The molecule has 2 rings (SSSR count). The van der Waals surface area contributed by atoms with Crippen LogP contribution in [0.4, 0.5) is 0 Å². The number of rotatable bonds is 16. The van der Waals surface area contributed by atoms with E-state index in [2.05, 4.69) is 27.0 Å². The molecule has 0 aliphatic heterocycles. The summed E-state index contributed by atoms with van der Waals surface area (Å²) in [7, 11) is 0. The zero-order chi connectivity index (χ0) is 32.2. The molecule has 2 unspecified atom stereocenters. The first-order chi connectivity index (χ1) is 20.3. The summed E-state index contributed by atoms with van der Waals surface area (Å²) >= 11 is 0. The van der Waals surface area contributed by atoms with Crippen molar-refractivity contribution in [3.8, 4) is 11.5 Å².